The quantitative estimate of drug-likeness (QED) is 0.606. The Kier molecular flexibility index (Phi) is 2.98. The standard InChI is InChI=1S/C7H8BrF3/c8-3-4-1-6(10)7(11)2-5(4)9/h2,4-6H,1,3H2. The molecule has 0 saturated heterocycles. The van der Waals surface area contributed by atoms with Crippen LogP contribution in [0.1, 0.15) is 6.42 Å². The summed E-state index contributed by atoms with van der Waals surface area (Å²) in [4.78, 5) is 0. The summed E-state index contributed by atoms with van der Waals surface area (Å²) in [5, 5.41) is 0.373. The first-order valence-electron chi connectivity index (χ1n) is 3.36. The molecule has 0 nitrogen and oxygen atoms in total. The van der Waals surface area contributed by atoms with Gasteiger partial charge in [-0.1, -0.05) is 15.9 Å². The molecule has 1 aliphatic rings. The van der Waals surface area contributed by atoms with Crippen molar-refractivity contribution in [1.82, 2.24) is 0 Å². The summed E-state index contributed by atoms with van der Waals surface area (Å²) < 4.78 is 37.7. The molecule has 1 rings (SSSR count). The zero-order chi connectivity index (χ0) is 8.43. The molecular weight excluding hydrogens is 221 g/mol. The fraction of sp³-hybridized carbons (Fsp3) is 0.714. The summed E-state index contributed by atoms with van der Waals surface area (Å²) in [7, 11) is 0. The minimum Gasteiger partial charge on any atom is -0.243 e. The maximum Gasteiger partial charge on any atom is 0.152 e. The molecule has 1 aliphatic carbocycles. The van der Waals surface area contributed by atoms with E-state index >= 15 is 0 Å². The summed E-state index contributed by atoms with van der Waals surface area (Å²) in [6.07, 6.45) is -2.29. The van der Waals surface area contributed by atoms with Crippen LogP contribution in [0.5, 0.6) is 0 Å². The normalized spacial score (nSPS) is 38.5. The number of hydrogen-bond donors (Lipinski definition) is 0. The first-order chi connectivity index (χ1) is 5.15. The van der Waals surface area contributed by atoms with Crippen molar-refractivity contribution in [3.8, 4) is 0 Å². The average molecular weight is 229 g/mol. The molecule has 3 unspecified atom stereocenters. The van der Waals surface area contributed by atoms with Crippen LogP contribution in [0.2, 0.25) is 0 Å². The molecule has 4 heteroatoms. The number of rotatable bonds is 1. The summed E-state index contributed by atoms with van der Waals surface area (Å²) in [6, 6.07) is 0. The summed E-state index contributed by atoms with van der Waals surface area (Å²) in [5.41, 5.74) is 0. The molecule has 64 valence electrons. The zero-order valence-electron chi connectivity index (χ0n) is 5.74. The number of allylic oxidation sites excluding steroid dienone is 2. The van der Waals surface area contributed by atoms with Crippen molar-refractivity contribution in [3.63, 3.8) is 0 Å². The molecular formula is C7H8BrF3. The van der Waals surface area contributed by atoms with Gasteiger partial charge >= 0.3 is 0 Å². The number of halogens is 4. The second kappa shape index (κ2) is 3.61. The minimum atomic E-state index is -1.61. The lowest BCUT2D eigenvalue weighted by molar-refractivity contribution is 0.191. The second-order valence-corrected chi connectivity index (χ2v) is 3.26. The Balaban J connectivity index is 2.67. The van der Waals surface area contributed by atoms with Crippen LogP contribution in [0, 0.1) is 5.92 Å². The highest BCUT2D eigenvalue weighted by Crippen LogP contribution is 2.30. The van der Waals surface area contributed by atoms with Crippen LogP contribution in [-0.2, 0) is 0 Å². The van der Waals surface area contributed by atoms with Gasteiger partial charge in [-0.25, -0.2) is 13.2 Å². The molecule has 0 aromatic carbocycles. The number of alkyl halides is 3. The van der Waals surface area contributed by atoms with Gasteiger partial charge in [0.05, 0.1) is 0 Å². The van der Waals surface area contributed by atoms with Gasteiger partial charge in [0.25, 0.3) is 0 Å². The van der Waals surface area contributed by atoms with Crippen molar-refractivity contribution in [3.05, 3.63) is 11.9 Å². The molecule has 3 atom stereocenters. The third-order valence-corrected chi connectivity index (χ3v) is 2.61. The van der Waals surface area contributed by atoms with Gasteiger partial charge in [0.1, 0.15) is 12.0 Å². The lowest BCUT2D eigenvalue weighted by atomic mass is 9.93. The monoisotopic (exact) mass is 228 g/mol. The molecule has 0 radical (unpaired) electrons. The molecule has 11 heavy (non-hydrogen) atoms. The van der Waals surface area contributed by atoms with Crippen LogP contribution in [0.25, 0.3) is 0 Å². The molecule has 0 fully saturated rings. The minimum absolute atomic E-state index is 0.0608. The van der Waals surface area contributed by atoms with E-state index in [1.807, 2.05) is 0 Å². The van der Waals surface area contributed by atoms with Gasteiger partial charge in [-0.3, -0.25) is 0 Å². The predicted octanol–water partition coefficient (Wildman–Crippen LogP) is 2.93. The van der Waals surface area contributed by atoms with E-state index in [2.05, 4.69) is 15.9 Å². The van der Waals surface area contributed by atoms with Crippen LogP contribution < -0.4 is 0 Å². The van der Waals surface area contributed by atoms with Crippen LogP contribution in [-0.4, -0.2) is 17.7 Å². The van der Waals surface area contributed by atoms with Gasteiger partial charge in [0.2, 0.25) is 0 Å². The van der Waals surface area contributed by atoms with Crippen molar-refractivity contribution in [1.29, 1.82) is 0 Å². The lowest BCUT2D eigenvalue weighted by Gasteiger charge is -2.22. The molecule has 0 heterocycles. The Morgan fingerprint density at radius 1 is 1.55 bits per heavy atom. The van der Waals surface area contributed by atoms with Crippen molar-refractivity contribution >= 4 is 15.9 Å². The van der Waals surface area contributed by atoms with Crippen LogP contribution >= 0.6 is 15.9 Å². The molecule has 0 aliphatic heterocycles. The molecule has 0 saturated carbocycles. The third-order valence-electron chi connectivity index (χ3n) is 1.78. The first-order valence-corrected chi connectivity index (χ1v) is 4.48. The Bertz CT molecular complexity index is 169. The highest BCUT2D eigenvalue weighted by molar-refractivity contribution is 9.09. The fourth-order valence-corrected chi connectivity index (χ4v) is 1.67. The molecule has 0 aromatic heterocycles. The Hall–Kier alpha value is 0.01000. The lowest BCUT2D eigenvalue weighted by Crippen LogP contribution is -2.25. The zero-order valence-corrected chi connectivity index (χ0v) is 7.32. The molecule has 0 amide bonds. The van der Waals surface area contributed by atoms with E-state index in [1.165, 1.54) is 0 Å². The molecule has 0 spiro atoms. The first kappa shape index (κ1) is 9.10. The van der Waals surface area contributed by atoms with Crippen molar-refractivity contribution in [2.24, 2.45) is 5.92 Å². The van der Waals surface area contributed by atoms with E-state index < -0.39 is 24.1 Å². The SMILES string of the molecule is FC1=CC(F)C(CBr)CC1F. The van der Waals surface area contributed by atoms with Gasteiger partial charge in [-0.15, -0.1) is 0 Å². The van der Waals surface area contributed by atoms with E-state index in [0.29, 0.717) is 5.33 Å². The Morgan fingerprint density at radius 2 is 2.18 bits per heavy atom. The number of hydrogen-bond acceptors (Lipinski definition) is 0. The third kappa shape index (κ3) is 1.98. The molecule has 0 N–H and O–H groups in total. The topological polar surface area (TPSA) is 0 Å². The van der Waals surface area contributed by atoms with Crippen molar-refractivity contribution in [2.45, 2.75) is 18.8 Å². The maximum absolute atomic E-state index is 12.8. The van der Waals surface area contributed by atoms with Crippen LogP contribution in [0.4, 0.5) is 13.2 Å². The van der Waals surface area contributed by atoms with E-state index in [9.17, 15) is 13.2 Å². The van der Waals surface area contributed by atoms with Gasteiger partial charge in [0, 0.05) is 11.2 Å². The van der Waals surface area contributed by atoms with Crippen LogP contribution in [0.3, 0.4) is 0 Å². The van der Waals surface area contributed by atoms with E-state index in [0.717, 1.165) is 6.08 Å². The van der Waals surface area contributed by atoms with Crippen LogP contribution in [0.15, 0.2) is 11.9 Å². The summed E-state index contributed by atoms with van der Waals surface area (Å²) in [5.74, 6) is -1.39. The average Bonchev–Trinajstić information content (AvgIpc) is 1.97. The Morgan fingerprint density at radius 3 is 2.73 bits per heavy atom. The van der Waals surface area contributed by atoms with E-state index in [4.69, 9.17) is 0 Å². The fourth-order valence-electron chi connectivity index (χ4n) is 1.05. The summed E-state index contributed by atoms with van der Waals surface area (Å²) in [6.45, 7) is 0. The Labute approximate surface area is 71.6 Å². The predicted molar refractivity (Wildman–Crippen MR) is 40.9 cm³/mol. The summed E-state index contributed by atoms with van der Waals surface area (Å²) >= 11 is 3.04. The van der Waals surface area contributed by atoms with E-state index in [-0.39, 0.29) is 6.42 Å². The van der Waals surface area contributed by atoms with Gasteiger partial charge in [0.15, 0.2) is 6.17 Å². The van der Waals surface area contributed by atoms with Crippen molar-refractivity contribution < 1.29 is 13.2 Å². The largest absolute Gasteiger partial charge is 0.243 e. The smallest absolute Gasteiger partial charge is 0.152 e. The highest BCUT2D eigenvalue weighted by atomic mass is 79.9. The second-order valence-electron chi connectivity index (χ2n) is 2.61. The van der Waals surface area contributed by atoms with Crippen molar-refractivity contribution in [2.75, 3.05) is 5.33 Å². The van der Waals surface area contributed by atoms with Gasteiger partial charge in [-0.2, -0.15) is 0 Å². The van der Waals surface area contributed by atoms with Gasteiger partial charge < -0.3 is 0 Å². The highest BCUT2D eigenvalue weighted by Gasteiger charge is 2.30. The molecule has 0 bridgehead atoms. The van der Waals surface area contributed by atoms with Gasteiger partial charge in [-0.05, 0) is 12.5 Å². The maximum atomic E-state index is 12.8. The molecule has 0 aromatic rings. The van der Waals surface area contributed by atoms with E-state index in [1.54, 1.807) is 0 Å².